The Bertz CT molecular complexity index is 781. The average molecular weight is 416 g/mol. The van der Waals surface area contributed by atoms with Crippen LogP contribution in [0.5, 0.6) is 5.75 Å². The van der Waals surface area contributed by atoms with Crippen LogP contribution in [0.15, 0.2) is 30.6 Å². The molecule has 9 heteroatoms. The van der Waals surface area contributed by atoms with Crippen LogP contribution in [0.25, 0.3) is 0 Å². The summed E-state index contributed by atoms with van der Waals surface area (Å²) < 4.78 is 7.00. The van der Waals surface area contributed by atoms with E-state index >= 15 is 0 Å². The summed E-state index contributed by atoms with van der Waals surface area (Å²) in [6.45, 7) is 5.40. The highest BCUT2D eigenvalue weighted by Crippen LogP contribution is 2.24. The van der Waals surface area contributed by atoms with Crippen LogP contribution in [-0.2, 0) is 17.9 Å². The van der Waals surface area contributed by atoms with E-state index < -0.39 is 0 Å². The number of hydrogen-bond acceptors (Lipinski definition) is 7. The molecule has 3 rings (SSSR count). The number of piperidine rings is 1. The Morgan fingerprint density at radius 2 is 2.10 bits per heavy atom. The second-order valence-corrected chi connectivity index (χ2v) is 8.21. The number of aromatic nitrogens is 4. The highest BCUT2D eigenvalue weighted by Gasteiger charge is 2.25. The van der Waals surface area contributed by atoms with E-state index in [4.69, 9.17) is 4.74 Å². The first-order valence-electron chi connectivity index (χ1n) is 10.5. The minimum atomic E-state index is 0.0611. The first-order chi connectivity index (χ1) is 14.5. The molecule has 0 aliphatic carbocycles. The Morgan fingerprint density at radius 3 is 2.83 bits per heavy atom. The number of amides is 1. The van der Waals surface area contributed by atoms with Gasteiger partial charge >= 0.3 is 0 Å². The number of ether oxygens (including phenoxy) is 1. The number of benzene rings is 1. The number of methoxy groups -OCH3 is 1. The van der Waals surface area contributed by atoms with Gasteiger partial charge in [-0.1, -0.05) is 18.2 Å². The molecule has 1 aromatic carbocycles. The molecule has 2 aromatic rings. The fourth-order valence-electron chi connectivity index (χ4n) is 3.96. The number of likely N-dealkylation sites (N-methyl/N-ethyl adjacent to an activating group) is 1. The van der Waals surface area contributed by atoms with Crippen molar-refractivity contribution in [2.75, 3.05) is 53.9 Å². The summed E-state index contributed by atoms with van der Waals surface area (Å²) in [5.41, 5.74) is 1.21. The molecule has 1 aliphatic rings. The number of hydrogen-bond donors (Lipinski definition) is 0. The van der Waals surface area contributed by atoms with Crippen molar-refractivity contribution in [3.8, 4) is 5.75 Å². The molecular formula is C21H33N7O2. The number of tetrazole rings is 1. The first-order valence-corrected chi connectivity index (χ1v) is 10.5. The Labute approximate surface area is 178 Å². The van der Waals surface area contributed by atoms with E-state index in [1.54, 1.807) is 7.11 Å². The van der Waals surface area contributed by atoms with Crippen molar-refractivity contribution in [3.05, 3.63) is 36.2 Å². The number of likely N-dealkylation sites (tertiary alicyclic amines) is 1. The maximum atomic E-state index is 12.9. The van der Waals surface area contributed by atoms with Crippen LogP contribution in [0.2, 0.25) is 0 Å². The van der Waals surface area contributed by atoms with Crippen molar-refractivity contribution < 1.29 is 9.53 Å². The minimum absolute atomic E-state index is 0.0611. The standard InChI is InChI=1S/C21H33N7O2/c1-25(2)11-12-27(21(29)16-28-17-22-23-24-28)14-18-7-6-10-26(13-18)15-19-8-4-5-9-20(19)30-3/h4-5,8-9,17-18H,6-7,10-16H2,1-3H3/t18-/m0/s1. The largest absolute Gasteiger partial charge is 0.496 e. The Kier molecular flexibility index (Phi) is 8.15. The molecule has 0 spiro atoms. The average Bonchev–Trinajstić information content (AvgIpc) is 3.24. The van der Waals surface area contributed by atoms with Gasteiger partial charge in [0.2, 0.25) is 5.91 Å². The van der Waals surface area contributed by atoms with Gasteiger partial charge in [0, 0.05) is 38.3 Å². The van der Waals surface area contributed by atoms with Crippen molar-refractivity contribution in [1.82, 2.24) is 34.9 Å². The van der Waals surface area contributed by atoms with Crippen molar-refractivity contribution in [2.24, 2.45) is 5.92 Å². The van der Waals surface area contributed by atoms with Crippen LogP contribution in [0.4, 0.5) is 0 Å². The van der Waals surface area contributed by atoms with Crippen molar-refractivity contribution in [3.63, 3.8) is 0 Å². The zero-order valence-electron chi connectivity index (χ0n) is 18.3. The second kappa shape index (κ2) is 11.0. The zero-order chi connectivity index (χ0) is 21.3. The smallest absolute Gasteiger partial charge is 0.244 e. The molecule has 1 saturated heterocycles. The predicted molar refractivity (Wildman–Crippen MR) is 114 cm³/mol. The van der Waals surface area contributed by atoms with E-state index in [1.807, 2.05) is 31.1 Å². The molecule has 0 radical (unpaired) electrons. The van der Waals surface area contributed by atoms with Gasteiger partial charge in [0.1, 0.15) is 18.6 Å². The molecule has 1 aromatic heterocycles. The maximum absolute atomic E-state index is 12.9. The summed E-state index contributed by atoms with van der Waals surface area (Å²) in [6.07, 6.45) is 3.76. The second-order valence-electron chi connectivity index (χ2n) is 8.21. The Hall–Kier alpha value is -2.52. The van der Waals surface area contributed by atoms with Crippen LogP contribution in [-0.4, -0.2) is 94.7 Å². The summed E-state index contributed by atoms with van der Waals surface area (Å²) in [5.74, 6) is 1.45. The van der Waals surface area contributed by atoms with Gasteiger partial charge in [-0.15, -0.1) is 5.10 Å². The molecule has 30 heavy (non-hydrogen) atoms. The number of carbonyl (C=O) groups excluding carboxylic acids is 1. The fourth-order valence-corrected chi connectivity index (χ4v) is 3.96. The molecule has 164 valence electrons. The molecule has 0 bridgehead atoms. The van der Waals surface area contributed by atoms with Gasteiger partial charge in [-0.25, -0.2) is 4.68 Å². The van der Waals surface area contributed by atoms with Crippen LogP contribution in [0.1, 0.15) is 18.4 Å². The fraction of sp³-hybridized carbons (Fsp3) is 0.619. The van der Waals surface area contributed by atoms with E-state index in [2.05, 4.69) is 37.5 Å². The molecule has 1 amide bonds. The zero-order valence-corrected chi connectivity index (χ0v) is 18.3. The molecule has 9 nitrogen and oxygen atoms in total. The van der Waals surface area contributed by atoms with E-state index in [1.165, 1.54) is 16.6 Å². The monoisotopic (exact) mass is 415 g/mol. The molecule has 0 N–H and O–H groups in total. The maximum Gasteiger partial charge on any atom is 0.244 e. The summed E-state index contributed by atoms with van der Waals surface area (Å²) in [6, 6.07) is 8.19. The van der Waals surface area contributed by atoms with Crippen LogP contribution in [0, 0.1) is 5.92 Å². The van der Waals surface area contributed by atoms with Gasteiger partial charge in [-0.05, 0) is 55.9 Å². The third kappa shape index (κ3) is 6.50. The van der Waals surface area contributed by atoms with Gasteiger partial charge in [-0.3, -0.25) is 9.69 Å². The lowest BCUT2D eigenvalue weighted by Crippen LogP contribution is -2.45. The van der Waals surface area contributed by atoms with Crippen LogP contribution >= 0.6 is 0 Å². The number of para-hydroxylation sites is 1. The lowest BCUT2D eigenvalue weighted by molar-refractivity contribution is -0.133. The van der Waals surface area contributed by atoms with Crippen LogP contribution < -0.4 is 4.74 Å². The normalized spacial score (nSPS) is 17.3. The SMILES string of the molecule is COc1ccccc1CN1CCC[C@H](CN(CCN(C)C)C(=O)Cn2cnnn2)C1. The number of carbonyl (C=O) groups is 1. The van der Waals surface area contributed by atoms with Gasteiger partial charge in [-0.2, -0.15) is 0 Å². The van der Waals surface area contributed by atoms with Crippen molar-refractivity contribution in [1.29, 1.82) is 0 Å². The first kappa shape index (κ1) is 22.2. The van der Waals surface area contributed by atoms with E-state index in [0.717, 1.165) is 51.3 Å². The molecule has 1 atom stereocenters. The predicted octanol–water partition coefficient (Wildman–Crippen LogP) is 0.984. The highest BCUT2D eigenvalue weighted by atomic mass is 16.5. The van der Waals surface area contributed by atoms with E-state index in [-0.39, 0.29) is 12.5 Å². The third-order valence-corrected chi connectivity index (χ3v) is 5.53. The number of rotatable bonds is 10. The Balaban J connectivity index is 1.60. The lowest BCUT2D eigenvalue weighted by Gasteiger charge is -2.36. The van der Waals surface area contributed by atoms with Gasteiger partial charge in [0.05, 0.1) is 7.11 Å². The molecule has 1 fully saturated rings. The summed E-state index contributed by atoms with van der Waals surface area (Å²) in [5, 5.41) is 11.1. The summed E-state index contributed by atoms with van der Waals surface area (Å²) in [4.78, 5) is 19.5. The quantitative estimate of drug-likeness (QED) is 0.572. The summed E-state index contributed by atoms with van der Waals surface area (Å²) >= 11 is 0. The van der Waals surface area contributed by atoms with Crippen molar-refractivity contribution in [2.45, 2.75) is 25.9 Å². The van der Waals surface area contributed by atoms with Gasteiger partial charge < -0.3 is 14.5 Å². The van der Waals surface area contributed by atoms with E-state index in [0.29, 0.717) is 12.5 Å². The molecule has 0 saturated carbocycles. The lowest BCUT2D eigenvalue weighted by atomic mass is 9.96. The van der Waals surface area contributed by atoms with Gasteiger partial charge in [0.15, 0.2) is 0 Å². The molecule has 0 unspecified atom stereocenters. The molecule has 1 aliphatic heterocycles. The Morgan fingerprint density at radius 1 is 1.27 bits per heavy atom. The van der Waals surface area contributed by atoms with Crippen molar-refractivity contribution >= 4 is 5.91 Å². The topological polar surface area (TPSA) is 79.6 Å². The molecular weight excluding hydrogens is 382 g/mol. The molecule has 2 heterocycles. The summed E-state index contributed by atoms with van der Waals surface area (Å²) in [7, 11) is 5.77. The minimum Gasteiger partial charge on any atom is -0.496 e. The van der Waals surface area contributed by atoms with Gasteiger partial charge in [0.25, 0.3) is 0 Å². The highest BCUT2D eigenvalue weighted by molar-refractivity contribution is 5.75. The number of nitrogens with zero attached hydrogens (tertiary/aromatic N) is 7. The van der Waals surface area contributed by atoms with E-state index in [9.17, 15) is 4.79 Å². The third-order valence-electron chi connectivity index (χ3n) is 5.53. The van der Waals surface area contributed by atoms with Crippen LogP contribution in [0.3, 0.4) is 0 Å².